The fourth-order valence-electron chi connectivity index (χ4n) is 4.40. The van der Waals surface area contributed by atoms with E-state index in [1.807, 2.05) is 69.3 Å². The molecule has 1 amide bonds. The number of anilines is 1. The van der Waals surface area contributed by atoms with E-state index >= 15 is 0 Å². The van der Waals surface area contributed by atoms with Crippen LogP contribution in [0.2, 0.25) is 0 Å². The molecule has 1 unspecified atom stereocenters. The molecule has 0 spiro atoms. The van der Waals surface area contributed by atoms with E-state index in [0.29, 0.717) is 29.0 Å². The Balaban J connectivity index is 1.74. The van der Waals surface area contributed by atoms with Crippen molar-refractivity contribution in [3.63, 3.8) is 0 Å². The molecule has 34 heavy (non-hydrogen) atoms. The molecule has 2 aromatic carbocycles. The number of amides is 1. The van der Waals surface area contributed by atoms with Gasteiger partial charge in [-0.3, -0.25) is 14.5 Å². The van der Waals surface area contributed by atoms with Gasteiger partial charge < -0.3 is 9.15 Å². The van der Waals surface area contributed by atoms with Gasteiger partial charge in [-0.25, -0.2) is 4.98 Å². The number of pyridine rings is 1. The predicted octanol–water partition coefficient (Wildman–Crippen LogP) is 5.65. The molecule has 0 aliphatic carbocycles. The zero-order valence-electron chi connectivity index (χ0n) is 19.7. The number of carbonyl (C=O) groups excluding carboxylic acids is 1. The molecule has 172 valence electrons. The average Bonchev–Trinajstić information content (AvgIpc) is 3.12. The lowest BCUT2D eigenvalue weighted by molar-refractivity contribution is 0.0970. The van der Waals surface area contributed by atoms with Gasteiger partial charge in [-0.2, -0.15) is 0 Å². The summed E-state index contributed by atoms with van der Waals surface area (Å²) in [6.07, 6.45) is 2.57. The van der Waals surface area contributed by atoms with Crippen LogP contribution in [0, 0.1) is 20.8 Å². The summed E-state index contributed by atoms with van der Waals surface area (Å²) in [6, 6.07) is 14.2. The summed E-state index contributed by atoms with van der Waals surface area (Å²) in [7, 11) is 0. The highest BCUT2D eigenvalue weighted by molar-refractivity contribution is 6.10. The summed E-state index contributed by atoms with van der Waals surface area (Å²) in [5, 5.41) is 0.474. The molecule has 0 fully saturated rings. The van der Waals surface area contributed by atoms with Gasteiger partial charge >= 0.3 is 0 Å². The minimum absolute atomic E-state index is 0.0698. The molecule has 0 N–H and O–H groups in total. The van der Waals surface area contributed by atoms with E-state index in [2.05, 4.69) is 11.9 Å². The monoisotopic (exact) mass is 454 g/mol. The van der Waals surface area contributed by atoms with Crippen molar-refractivity contribution in [3.05, 3.63) is 98.5 Å². The smallest absolute Gasteiger partial charge is 0.296 e. The zero-order valence-corrected chi connectivity index (χ0v) is 19.7. The number of carbonyl (C=O) groups is 1. The molecule has 0 radical (unpaired) electrons. The summed E-state index contributed by atoms with van der Waals surface area (Å²) in [6.45, 7) is 8.53. The van der Waals surface area contributed by atoms with Crippen LogP contribution in [-0.2, 0) is 0 Å². The van der Waals surface area contributed by atoms with Crippen LogP contribution in [0.4, 0.5) is 5.82 Å². The number of hydrogen-bond donors (Lipinski definition) is 0. The second kappa shape index (κ2) is 8.45. The summed E-state index contributed by atoms with van der Waals surface area (Å²) >= 11 is 0. The minimum atomic E-state index is -0.653. The maximum Gasteiger partial charge on any atom is 0.296 e. The number of aryl methyl sites for hydroxylation is 3. The van der Waals surface area contributed by atoms with Gasteiger partial charge in [0.25, 0.3) is 5.91 Å². The molecule has 2 aromatic heterocycles. The van der Waals surface area contributed by atoms with E-state index in [4.69, 9.17) is 9.15 Å². The van der Waals surface area contributed by atoms with Crippen molar-refractivity contribution in [1.29, 1.82) is 0 Å². The predicted molar refractivity (Wildman–Crippen MR) is 132 cm³/mol. The van der Waals surface area contributed by atoms with Crippen molar-refractivity contribution in [2.75, 3.05) is 11.5 Å². The second-order valence-electron chi connectivity index (χ2n) is 8.79. The van der Waals surface area contributed by atoms with Gasteiger partial charge in [0.1, 0.15) is 17.2 Å². The van der Waals surface area contributed by atoms with Gasteiger partial charge in [-0.1, -0.05) is 19.1 Å². The lowest BCUT2D eigenvalue weighted by atomic mass is 9.97. The Morgan fingerprint density at radius 2 is 1.74 bits per heavy atom. The Morgan fingerprint density at radius 1 is 1.00 bits per heavy atom. The third kappa shape index (κ3) is 3.55. The van der Waals surface area contributed by atoms with E-state index < -0.39 is 6.04 Å². The van der Waals surface area contributed by atoms with Crippen molar-refractivity contribution in [2.24, 2.45) is 0 Å². The molecule has 0 bridgehead atoms. The summed E-state index contributed by atoms with van der Waals surface area (Å²) in [5.41, 5.74) is 4.31. The normalized spacial score (nSPS) is 15.1. The highest BCUT2D eigenvalue weighted by atomic mass is 16.5. The molecule has 1 aliphatic heterocycles. The van der Waals surface area contributed by atoms with Crippen LogP contribution in [0.5, 0.6) is 5.75 Å². The van der Waals surface area contributed by atoms with E-state index in [0.717, 1.165) is 34.4 Å². The first-order valence-electron chi connectivity index (χ1n) is 11.5. The Hall–Kier alpha value is -3.93. The van der Waals surface area contributed by atoms with Crippen molar-refractivity contribution >= 4 is 22.7 Å². The van der Waals surface area contributed by atoms with Gasteiger partial charge in [0.05, 0.1) is 23.6 Å². The summed E-state index contributed by atoms with van der Waals surface area (Å²) < 4.78 is 11.8. The van der Waals surface area contributed by atoms with Crippen LogP contribution in [0.3, 0.4) is 0 Å². The molecular weight excluding hydrogens is 428 g/mol. The highest BCUT2D eigenvalue weighted by Crippen LogP contribution is 2.41. The highest BCUT2D eigenvalue weighted by Gasteiger charge is 2.44. The van der Waals surface area contributed by atoms with Gasteiger partial charge in [-0.15, -0.1) is 0 Å². The van der Waals surface area contributed by atoms with E-state index in [9.17, 15) is 9.59 Å². The molecular formula is C28H26N2O4. The zero-order chi connectivity index (χ0) is 24.0. The van der Waals surface area contributed by atoms with Crippen LogP contribution in [0.1, 0.15) is 57.8 Å². The maximum absolute atomic E-state index is 13.8. The van der Waals surface area contributed by atoms with Gasteiger partial charge in [0.2, 0.25) is 5.76 Å². The fourth-order valence-corrected chi connectivity index (χ4v) is 4.40. The SMILES string of the molecule is CCCOc1ccc(C2c3c(oc4cc(C)c(C)cc4c3=O)C(=O)N2c2cc(C)ccn2)cc1. The molecule has 5 rings (SSSR count). The minimum Gasteiger partial charge on any atom is -0.494 e. The molecule has 0 saturated carbocycles. The van der Waals surface area contributed by atoms with Gasteiger partial charge in [0.15, 0.2) is 5.43 Å². The number of ether oxygens (including phenoxy) is 1. The van der Waals surface area contributed by atoms with Crippen molar-refractivity contribution in [1.82, 2.24) is 4.98 Å². The largest absolute Gasteiger partial charge is 0.494 e. The van der Waals surface area contributed by atoms with Crippen LogP contribution >= 0.6 is 0 Å². The quantitative estimate of drug-likeness (QED) is 0.390. The fraction of sp³-hybridized carbons (Fsp3) is 0.250. The third-order valence-corrected chi connectivity index (χ3v) is 6.30. The first-order chi connectivity index (χ1) is 16.4. The molecule has 4 aromatic rings. The summed E-state index contributed by atoms with van der Waals surface area (Å²) in [5.74, 6) is 0.914. The lowest BCUT2D eigenvalue weighted by Crippen LogP contribution is -2.30. The van der Waals surface area contributed by atoms with Gasteiger partial charge in [0, 0.05) is 6.20 Å². The molecule has 6 heteroatoms. The number of aromatic nitrogens is 1. The Kier molecular flexibility index (Phi) is 5.44. The average molecular weight is 455 g/mol. The first-order valence-corrected chi connectivity index (χ1v) is 11.5. The molecule has 1 aliphatic rings. The summed E-state index contributed by atoms with van der Waals surface area (Å²) in [4.78, 5) is 33.5. The van der Waals surface area contributed by atoms with Crippen molar-refractivity contribution in [3.8, 4) is 5.75 Å². The van der Waals surface area contributed by atoms with E-state index in [-0.39, 0.29) is 17.1 Å². The van der Waals surface area contributed by atoms with Crippen LogP contribution in [0.15, 0.2) is 63.9 Å². The molecule has 1 atom stereocenters. The Labute approximate surface area is 197 Å². The number of fused-ring (bicyclic) bond motifs is 2. The first kappa shape index (κ1) is 21.9. The lowest BCUT2D eigenvalue weighted by Gasteiger charge is -2.24. The van der Waals surface area contributed by atoms with Crippen molar-refractivity contribution < 1.29 is 13.9 Å². The van der Waals surface area contributed by atoms with Crippen LogP contribution in [-0.4, -0.2) is 17.5 Å². The van der Waals surface area contributed by atoms with E-state index in [1.54, 1.807) is 11.1 Å². The third-order valence-electron chi connectivity index (χ3n) is 6.30. The maximum atomic E-state index is 13.8. The molecule has 3 heterocycles. The number of nitrogens with zero attached hydrogens (tertiary/aromatic N) is 2. The molecule has 6 nitrogen and oxygen atoms in total. The van der Waals surface area contributed by atoms with Crippen LogP contribution in [0.25, 0.3) is 11.0 Å². The number of benzene rings is 2. The van der Waals surface area contributed by atoms with E-state index in [1.165, 1.54) is 0 Å². The Morgan fingerprint density at radius 3 is 2.44 bits per heavy atom. The Bertz CT molecular complexity index is 1470. The molecule has 0 saturated heterocycles. The standard InChI is InChI=1S/C28H26N2O4/c1-5-12-33-20-8-6-19(7-9-20)25-24-26(31)21-14-17(3)18(4)15-22(21)34-27(24)28(32)30(25)23-13-16(2)10-11-29-23/h6-11,13-15,25H,5,12H2,1-4H3. The van der Waals surface area contributed by atoms with Crippen LogP contribution < -0.4 is 15.1 Å². The van der Waals surface area contributed by atoms with Gasteiger partial charge in [-0.05, 0) is 85.8 Å². The topological polar surface area (TPSA) is 72.6 Å². The second-order valence-corrected chi connectivity index (χ2v) is 8.79. The number of rotatable bonds is 5. The van der Waals surface area contributed by atoms with Crippen molar-refractivity contribution in [2.45, 2.75) is 40.2 Å². The number of hydrogen-bond acceptors (Lipinski definition) is 5.